The lowest BCUT2D eigenvalue weighted by molar-refractivity contribution is -0.138. The van der Waals surface area contributed by atoms with Gasteiger partial charge in [0.05, 0.1) is 51.8 Å². The quantitative estimate of drug-likeness (QED) is 0.600. The van der Waals surface area contributed by atoms with Crippen molar-refractivity contribution >= 4 is 29.1 Å². The highest BCUT2D eigenvalue weighted by Crippen LogP contribution is 2.63. The number of nitriles is 1. The molecule has 10 heteroatoms. The highest BCUT2D eigenvalue weighted by molar-refractivity contribution is 6.23. The first kappa shape index (κ1) is 24.0. The Kier molecular flexibility index (Phi) is 5.10. The van der Waals surface area contributed by atoms with Gasteiger partial charge in [0.25, 0.3) is 0 Å². The van der Waals surface area contributed by atoms with Crippen molar-refractivity contribution in [2.45, 2.75) is 37.6 Å². The van der Waals surface area contributed by atoms with Crippen LogP contribution in [0.2, 0.25) is 0 Å². The van der Waals surface area contributed by atoms with E-state index in [4.69, 9.17) is 10.00 Å². The van der Waals surface area contributed by atoms with Crippen LogP contribution in [-0.2, 0) is 25.3 Å². The molecule has 5 atom stereocenters. The predicted octanol–water partition coefficient (Wildman–Crippen LogP) is 3.91. The first-order chi connectivity index (χ1) is 16.8. The molecular formula is C26H22F3N3O4. The molecule has 3 amide bonds. The molecule has 0 aliphatic carbocycles. The number of fused-ring (bicyclic) bond motifs is 5. The van der Waals surface area contributed by atoms with Gasteiger partial charge in [-0.05, 0) is 50.6 Å². The fraction of sp³-hybridized carbons (Fsp3) is 0.385. The molecule has 3 aliphatic rings. The lowest BCUT2D eigenvalue weighted by Gasteiger charge is -2.36. The predicted molar refractivity (Wildman–Crippen MR) is 121 cm³/mol. The lowest BCUT2D eigenvalue weighted by Crippen LogP contribution is -2.52. The van der Waals surface area contributed by atoms with Gasteiger partial charge in [0, 0.05) is 12.7 Å². The Morgan fingerprint density at radius 1 is 1.11 bits per heavy atom. The second-order valence-electron chi connectivity index (χ2n) is 9.89. The number of carbonyl (C=O) groups excluding carboxylic acids is 3. The van der Waals surface area contributed by atoms with Crippen LogP contribution < -0.4 is 9.80 Å². The van der Waals surface area contributed by atoms with Crippen molar-refractivity contribution in [3.05, 3.63) is 59.7 Å². The van der Waals surface area contributed by atoms with Gasteiger partial charge in [-0.25, -0.2) is 4.90 Å². The molecule has 2 aromatic rings. The summed E-state index contributed by atoms with van der Waals surface area (Å²) >= 11 is 0. The fourth-order valence-electron chi connectivity index (χ4n) is 6.16. The van der Waals surface area contributed by atoms with Crippen LogP contribution in [0, 0.1) is 29.1 Å². The summed E-state index contributed by atoms with van der Waals surface area (Å²) in [6.07, 6.45) is -4.66. The Hall–Kier alpha value is -3.71. The SMILES string of the molecule is CN(C(=O)[C@@H]1C[C@@]2(C)O[C@]1(C)[C@@H]1C(=O)N(c3ccc(C#N)c(C(F)(F)F)c3)C(=O)[C@@H]12)c1ccccc1. The van der Waals surface area contributed by atoms with Crippen molar-refractivity contribution in [2.24, 2.45) is 17.8 Å². The Bertz CT molecular complexity index is 1340. The molecule has 7 nitrogen and oxygen atoms in total. The molecule has 2 bridgehead atoms. The Balaban J connectivity index is 1.52. The molecule has 186 valence electrons. The number of halogens is 3. The Morgan fingerprint density at radius 2 is 1.75 bits per heavy atom. The molecule has 0 radical (unpaired) electrons. The zero-order chi connectivity index (χ0) is 26.2. The van der Waals surface area contributed by atoms with Crippen LogP contribution >= 0.6 is 0 Å². The van der Waals surface area contributed by atoms with Gasteiger partial charge in [-0.15, -0.1) is 0 Å². The van der Waals surface area contributed by atoms with Gasteiger partial charge in [-0.2, -0.15) is 18.4 Å². The highest BCUT2D eigenvalue weighted by Gasteiger charge is 2.77. The number of para-hydroxylation sites is 1. The van der Waals surface area contributed by atoms with Gasteiger partial charge in [-0.1, -0.05) is 18.2 Å². The average molecular weight is 497 g/mol. The van der Waals surface area contributed by atoms with Crippen molar-refractivity contribution in [2.75, 3.05) is 16.8 Å². The number of benzene rings is 2. The first-order valence-corrected chi connectivity index (χ1v) is 11.4. The minimum atomic E-state index is -4.84. The van der Waals surface area contributed by atoms with Crippen LogP contribution in [0.25, 0.3) is 0 Å². The van der Waals surface area contributed by atoms with Crippen molar-refractivity contribution in [3.8, 4) is 6.07 Å². The van der Waals surface area contributed by atoms with Crippen LogP contribution in [-0.4, -0.2) is 36.0 Å². The van der Waals surface area contributed by atoms with Crippen LogP contribution in [0.15, 0.2) is 48.5 Å². The summed E-state index contributed by atoms with van der Waals surface area (Å²) < 4.78 is 46.8. The van der Waals surface area contributed by atoms with Crippen molar-refractivity contribution in [1.82, 2.24) is 0 Å². The third-order valence-corrected chi connectivity index (χ3v) is 7.80. The minimum absolute atomic E-state index is 0.189. The molecule has 0 unspecified atom stereocenters. The van der Waals surface area contributed by atoms with Gasteiger partial charge in [-0.3, -0.25) is 14.4 Å². The van der Waals surface area contributed by atoms with Gasteiger partial charge in [0.15, 0.2) is 0 Å². The van der Waals surface area contributed by atoms with Gasteiger partial charge in [0.2, 0.25) is 17.7 Å². The summed E-state index contributed by atoms with van der Waals surface area (Å²) in [4.78, 5) is 42.8. The average Bonchev–Trinajstić information content (AvgIpc) is 3.38. The van der Waals surface area contributed by atoms with E-state index < -0.39 is 58.1 Å². The van der Waals surface area contributed by atoms with E-state index in [-0.39, 0.29) is 18.0 Å². The summed E-state index contributed by atoms with van der Waals surface area (Å²) in [5, 5.41) is 9.08. The number of ether oxygens (including phenoxy) is 1. The van der Waals surface area contributed by atoms with E-state index in [0.717, 1.165) is 17.0 Å². The van der Waals surface area contributed by atoms with E-state index in [1.807, 2.05) is 6.07 Å². The molecular weight excluding hydrogens is 475 g/mol. The molecule has 2 aromatic carbocycles. The number of hydrogen-bond acceptors (Lipinski definition) is 5. The summed E-state index contributed by atoms with van der Waals surface area (Å²) in [5.41, 5.74) is -3.90. The van der Waals surface area contributed by atoms with Gasteiger partial charge in [0.1, 0.15) is 0 Å². The maximum absolute atomic E-state index is 13.6. The maximum atomic E-state index is 13.6. The zero-order valence-corrected chi connectivity index (χ0v) is 19.7. The Morgan fingerprint density at radius 3 is 2.36 bits per heavy atom. The van der Waals surface area contributed by atoms with Crippen molar-refractivity contribution in [3.63, 3.8) is 0 Å². The summed E-state index contributed by atoms with van der Waals surface area (Å²) in [6, 6.07) is 13.2. The van der Waals surface area contributed by atoms with Crippen LogP contribution in [0.5, 0.6) is 0 Å². The fourth-order valence-corrected chi connectivity index (χ4v) is 6.16. The molecule has 3 aliphatic heterocycles. The molecule has 0 saturated carbocycles. The van der Waals surface area contributed by atoms with Crippen molar-refractivity contribution < 1.29 is 32.3 Å². The van der Waals surface area contributed by atoms with E-state index in [2.05, 4.69) is 0 Å². The number of carbonyl (C=O) groups is 3. The molecule has 3 saturated heterocycles. The van der Waals surface area contributed by atoms with Crippen molar-refractivity contribution in [1.29, 1.82) is 5.26 Å². The number of amides is 3. The topological polar surface area (TPSA) is 90.7 Å². The minimum Gasteiger partial charge on any atom is -0.367 e. The molecule has 3 heterocycles. The number of anilines is 2. The number of hydrogen-bond donors (Lipinski definition) is 0. The largest absolute Gasteiger partial charge is 0.417 e. The molecule has 36 heavy (non-hydrogen) atoms. The first-order valence-electron chi connectivity index (χ1n) is 11.4. The Labute approximate surface area is 205 Å². The molecule has 3 fully saturated rings. The monoisotopic (exact) mass is 497 g/mol. The third-order valence-electron chi connectivity index (χ3n) is 7.80. The number of alkyl halides is 3. The zero-order valence-electron chi connectivity index (χ0n) is 19.7. The van der Waals surface area contributed by atoms with Crippen LogP contribution in [0.4, 0.5) is 24.5 Å². The second kappa shape index (κ2) is 7.64. The maximum Gasteiger partial charge on any atom is 0.417 e. The van der Waals surface area contributed by atoms with E-state index >= 15 is 0 Å². The number of rotatable bonds is 3. The van der Waals surface area contributed by atoms with Gasteiger partial charge < -0.3 is 9.64 Å². The highest BCUT2D eigenvalue weighted by atomic mass is 19.4. The lowest BCUT2D eigenvalue weighted by atomic mass is 9.63. The molecule has 0 spiro atoms. The smallest absolute Gasteiger partial charge is 0.367 e. The summed E-state index contributed by atoms with van der Waals surface area (Å²) in [5.74, 6) is -4.37. The second-order valence-corrected chi connectivity index (χ2v) is 9.89. The van der Waals surface area contributed by atoms with Gasteiger partial charge >= 0.3 is 6.18 Å². The van der Waals surface area contributed by atoms with Crippen LogP contribution in [0.1, 0.15) is 31.4 Å². The molecule has 5 rings (SSSR count). The normalized spacial score (nSPS) is 30.9. The van der Waals surface area contributed by atoms with E-state index in [9.17, 15) is 27.6 Å². The van der Waals surface area contributed by atoms with Crippen LogP contribution in [0.3, 0.4) is 0 Å². The number of nitrogens with zero attached hydrogens (tertiary/aromatic N) is 3. The molecule has 0 aromatic heterocycles. The van der Waals surface area contributed by atoms with E-state index in [0.29, 0.717) is 11.8 Å². The standard InChI is InChI=1S/C26H22F3N3O4/c1-24-12-18(21(33)31(3)15-7-5-4-6-8-15)25(2,36-24)20-19(24)22(34)32(23(20)35)16-10-9-14(13-30)17(11-16)26(27,28)29/h4-11,18-20H,12H2,1-3H3/t18-,19+,20-,24+,25-/m0/s1. The van der Waals surface area contributed by atoms with E-state index in [1.54, 1.807) is 45.2 Å². The van der Waals surface area contributed by atoms with E-state index in [1.165, 1.54) is 11.0 Å². The summed E-state index contributed by atoms with van der Waals surface area (Å²) in [6.45, 7) is 3.29. The number of imide groups is 1. The summed E-state index contributed by atoms with van der Waals surface area (Å²) in [7, 11) is 1.62. The molecule has 0 N–H and O–H groups in total. The third kappa shape index (κ3) is 3.19.